The third kappa shape index (κ3) is 13.4. The van der Waals surface area contributed by atoms with Crippen LogP contribution >= 0.6 is 0 Å². The first kappa shape index (κ1) is 28.3. The lowest BCUT2D eigenvalue weighted by Gasteiger charge is -2.29. The quantitative estimate of drug-likeness (QED) is 0.126. The summed E-state index contributed by atoms with van der Waals surface area (Å²) in [6.45, 7) is 10.9. The summed E-state index contributed by atoms with van der Waals surface area (Å²) in [5, 5.41) is 0. The van der Waals surface area contributed by atoms with E-state index in [2.05, 4.69) is 18.6 Å². The highest BCUT2D eigenvalue weighted by Crippen LogP contribution is 2.17. The number of hydroxylamine groups is 1. The highest BCUT2D eigenvalue weighted by Gasteiger charge is 2.26. The molecule has 186 valence electrons. The van der Waals surface area contributed by atoms with E-state index in [-0.39, 0.29) is 38.1 Å². The second kappa shape index (κ2) is 16.0. The number of ether oxygens (including phenoxy) is 4. The topological polar surface area (TPSA) is 126 Å². The van der Waals surface area contributed by atoms with Gasteiger partial charge in [0.15, 0.2) is 0 Å². The summed E-state index contributed by atoms with van der Waals surface area (Å²) in [6.07, 6.45) is 2.50. The molecule has 33 heavy (non-hydrogen) atoms. The monoisotopic (exact) mass is 469 g/mol. The van der Waals surface area contributed by atoms with Gasteiger partial charge < -0.3 is 23.8 Å². The third-order valence-electron chi connectivity index (χ3n) is 4.55. The predicted molar refractivity (Wildman–Crippen MR) is 117 cm³/mol. The Kier molecular flexibility index (Phi) is 13.7. The fourth-order valence-electron chi connectivity index (χ4n) is 2.70. The van der Waals surface area contributed by atoms with Gasteiger partial charge in [0, 0.05) is 36.8 Å². The van der Waals surface area contributed by atoms with E-state index >= 15 is 0 Å². The van der Waals surface area contributed by atoms with Crippen LogP contribution in [0.2, 0.25) is 0 Å². The number of hydrogen-bond acceptors (Lipinski definition) is 10. The van der Waals surface area contributed by atoms with Gasteiger partial charge in [-0.15, -0.1) is 5.48 Å². The largest absolute Gasteiger partial charge is 0.462 e. The zero-order valence-electron chi connectivity index (χ0n) is 19.5. The minimum absolute atomic E-state index is 0.157. The Morgan fingerprint density at radius 1 is 0.879 bits per heavy atom. The van der Waals surface area contributed by atoms with E-state index in [1.54, 1.807) is 13.8 Å². The van der Waals surface area contributed by atoms with Gasteiger partial charge in [0.25, 0.3) is 0 Å². The fourth-order valence-corrected chi connectivity index (χ4v) is 2.70. The predicted octanol–water partition coefficient (Wildman–Crippen LogP) is 2.66. The Morgan fingerprint density at radius 3 is 1.97 bits per heavy atom. The van der Waals surface area contributed by atoms with Gasteiger partial charge in [-0.1, -0.05) is 13.2 Å². The van der Waals surface area contributed by atoms with E-state index in [9.17, 15) is 19.2 Å². The average molecular weight is 470 g/mol. The molecule has 0 saturated carbocycles. The second-order valence-electron chi connectivity index (χ2n) is 7.83. The van der Waals surface area contributed by atoms with Crippen LogP contribution in [0.25, 0.3) is 0 Å². The Balaban J connectivity index is 2.13. The third-order valence-corrected chi connectivity index (χ3v) is 4.55. The molecule has 1 N–H and O–H groups in total. The van der Waals surface area contributed by atoms with Gasteiger partial charge >= 0.3 is 23.9 Å². The van der Waals surface area contributed by atoms with Crippen molar-refractivity contribution in [1.29, 1.82) is 0 Å². The van der Waals surface area contributed by atoms with Gasteiger partial charge in [-0.2, -0.15) is 0 Å². The molecule has 0 aliphatic carbocycles. The van der Waals surface area contributed by atoms with Crippen molar-refractivity contribution >= 4 is 23.9 Å². The van der Waals surface area contributed by atoms with Crippen LogP contribution in [0, 0.1) is 0 Å². The molecule has 1 aliphatic heterocycles. The molecule has 0 spiro atoms. The van der Waals surface area contributed by atoms with Crippen LogP contribution < -0.4 is 5.48 Å². The standard InChI is InChI=1S/C23H35NO9/c1-16(2)22(27)30-12-7-5-9-20(25)32-18-11-14-29-19(15-18)24-33-21(26)10-6-8-13-31-23(28)17(3)4/h18-19,24H,1,3,5-15H2,2,4H3. The van der Waals surface area contributed by atoms with Crippen LogP contribution in [-0.2, 0) is 43.0 Å². The number of rotatable bonds is 15. The Bertz CT molecular complexity index is 704. The van der Waals surface area contributed by atoms with Crippen molar-refractivity contribution in [3.63, 3.8) is 0 Å². The molecule has 0 aromatic carbocycles. The molecule has 1 saturated heterocycles. The zero-order chi connectivity index (χ0) is 24.6. The normalized spacial score (nSPS) is 17.5. The Hall–Kier alpha value is -2.72. The highest BCUT2D eigenvalue weighted by atomic mass is 16.7. The highest BCUT2D eigenvalue weighted by molar-refractivity contribution is 5.87. The van der Waals surface area contributed by atoms with E-state index in [0.717, 1.165) is 0 Å². The van der Waals surface area contributed by atoms with E-state index in [1.807, 2.05) is 0 Å². The van der Waals surface area contributed by atoms with Crippen molar-refractivity contribution in [3.8, 4) is 0 Å². The van der Waals surface area contributed by atoms with Gasteiger partial charge in [-0.05, 0) is 39.5 Å². The van der Waals surface area contributed by atoms with Crippen LogP contribution in [-0.4, -0.2) is 56.0 Å². The smallest absolute Gasteiger partial charge is 0.333 e. The first-order chi connectivity index (χ1) is 15.7. The molecule has 0 aromatic rings. The van der Waals surface area contributed by atoms with Crippen molar-refractivity contribution in [2.45, 2.75) is 77.5 Å². The van der Waals surface area contributed by atoms with Crippen molar-refractivity contribution in [3.05, 3.63) is 24.3 Å². The number of carbonyl (C=O) groups is 4. The Morgan fingerprint density at radius 2 is 1.42 bits per heavy atom. The molecule has 1 fully saturated rings. The SMILES string of the molecule is C=C(C)C(=O)OCCCCC(=O)ONC1CC(OC(=O)CCCCOC(=O)C(=C)C)CCO1. The average Bonchev–Trinajstić information content (AvgIpc) is 2.77. The first-order valence-corrected chi connectivity index (χ1v) is 11.1. The van der Waals surface area contributed by atoms with Crippen molar-refractivity contribution in [2.75, 3.05) is 19.8 Å². The maximum Gasteiger partial charge on any atom is 0.333 e. The molecule has 0 bridgehead atoms. The number of unbranched alkanes of at least 4 members (excludes halogenated alkanes) is 2. The van der Waals surface area contributed by atoms with Gasteiger partial charge in [0.05, 0.1) is 19.8 Å². The number of hydrogen-bond donors (Lipinski definition) is 1. The van der Waals surface area contributed by atoms with Crippen molar-refractivity contribution < 1.29 is 43.0 Å². The molecule has 1 aliphatic rings. The lowest BCUT2D eigenvalue weighted by Crippen LogP contribution is -2.42. The summed E-state index contributed by atoms with van der Waals surface area (Å²) in [7, 11) is 0. The summed E-state index contributed by atoms with van der Waals surface area (Å²) >= 11 is 0. The molecule has 2 unspecified atom stereocenters. The molecule has 10 nitrogen and oxygen atoms in total. The molecule has 10 heteroatoms. The van der Waals surface area contributed by atoms with Crippen LogP contribution in [0.4, 0.5) is 0 Å². The molecule has 1 rings (SSSR count). The molecule has 0 amide bonds. The maximum absolute atomic E-state index is 12.0. The molecular weight excluding hydrogens is 434 g/mol. The van der Waals surface area contributed by atoms with Crippen molar-refractivity contribution in [2.24, 2.45) is 0 Å². The molecule has 1 heterocycles. The van der Waals surface area contributed by atoms with Crippen LogP contribution in [0.15, 0.2) is 24.3 Å². The van der Waals surface area contributed by atoms with Crippen LogP contribution in [0.3, 0.4) is 0 Å². The summed E-state index contributed by atoms with van der Waals surface area (Å²) in [4.78, 5) is 51.3. The summed E-state index contributed by atoms with van der Waals surface area (Å²) in [5.41, 5.74) is 3.23. The Labute approximate surface area is 194 Å². The maximum atomic E-state index is 12.0. The van der Waals surface area contributed by atoms with E-state index in [0.29, 0.717) is 56.3 Å². The minimum atomic E-state index is -0.571. The zero-order valence-corrected chi connectivity index (χ0v) is 19.5. The summed E-state index contributed by atoms with van der Waals surface area (Å²) in [5.74, 6) is -1.69. The van der Waals surface area contributed by atoms with Gasteiger partial charge in [0.1, 0.15) is 12.3 Å². The van der Waals surface area contributed by atoms with E-state index in [4.69, 9.17) is 23.8 Å². The molecule has 0 radical (unpaired) electrons. The lowest BCUT2D eigenvalue weighted by molar-refractivity contribution is -0.178. The second-order valence-corrected chi connectivity index (χ2v) is 7.83. The van der Waals surface area contributed by atoms with E-state index in [1.165, 1.54) is 0 Å². The molecule has 0 aromatic heterocycles. The number of nitrogens with one attached hydrogen (secondary N) is 1. The summed E-state index contributed by atoms with van der Waals surface area (Å²) < 4.78 is 20.9. The van der Waals surface area contributed by atoms with Crippen LogP contribution in [0.5, 0.6) is 0 Å². The van der Waals surface area contributed by atoms with Gasteiger partial charge in [-0.25, -0.2) is 9.59 Å². The number of esters is 3. The van der Waals surface area contributed by atoms with Gasteiger partial charge in [-0.3, -0.25) is 9.59 Å². The van der Waals surface area contributed by atoms with E-state index < -0.39 is 24.1 Å². The van der Waals surface area contributed by atoms with Crippen LogP contribution in [0.1, 0.15) is 65.2 Å². The summed E-state index contributed by atoms with van der Waals surface area (Å²) in [6, 6.07) is 0. The van der Waals surface area contributed by atoms with Gasteiger partial charge in [0.2, 0.25) is 0 Å². The molecular formula is C23H35NO9. The first-order valence-electron chi connectivity index (χ1n) is 11.1. The lowest BCUT2D eigenvalue weighted by atomic mass is 10.1. The number of carbonyl (C=O) groups excluding carboxylic acids is 4. The van der Waals surface area contributed by atoms with Crippen molar-refractivity contribution in [1.82, 2.24) is 5.48 Å². The fraction of sp³-hybridized carbons (Fsp3) is 0.652. The minimum Gasteiger partial charge on any atom is -0.462 e. The molecule has 2 atom stereocenters.